The number of carbonyl (C=O) groups is 1. The maximum Gasteiger partial charge on any atom is 0.236 e. The van der Waals surface area contributed by atoms with E-state index in [9.17, 15) is 4.79 Å². The Labute approximate surface area is 162 Å². The van der Waals surface area contributed by atoms with Crippen LogP contribution < -0.4 is 10.1 Å². The molecule has 0 spiro atoms. The summed E-state index contributed by atoms with van der Waals surface area (Å²) in [6.07, 6.45) is 1.87. The van der Waals surface area contributed by atoms with E-state index in [4.69, 9.17) is 9.15 Å². The van der Waals surface area contributed by atoms with Crippen LogP contribution in [-0.4, -0.2) is 43.0 Å². The van der Waals surface area contributed by atoms with Crippen molar-refractivity contribution in [2.45, 2.75) is 13.0 Å². The van der Waals surface area contributed by atoms with Crippen molar-refractivity contribution in [2.24, 2.45) is 0 Å². The fraction of sp³-hybridized carbons (Fsp3) is 0.300. The van der Waals surface area contributed by atoms with Crippen LogP contribution in [0.3, 0.4) is 0 Å². The molecule has 0 atom stereocenters. The molecule has 6 nitrogen and oxygen atoms in total. The molecule has 2 aromatic heterocycles. The lowest BCUT2D eigenvalue weighted by Gasteiger charge is -2.11. The van der Waals surface area contributed by atoms with Crippen molar-refractivity contribution in [2.75, 3.05) is 27.2 Å². The number of rotatable bonds is 9. The highest BCUT2D eigenvalue weighted by Gasteiger charge is 2.09. The van der Waals surface area contributed by atoms with Gasteiger partial charge in [0.25, 0.3) is 0 Å². The Balaban J connectivity index is 1.48. The fourth-order valence-electron chi connectivity index (χ4n) is 2.43. The minimum atomic E-state index is -0.0684. The van der Waals surface area contributed by atoms with E-state index in [1.165, 1.54) is 0 Å². The summed E-state index contributed by atoms with van der Waals surface area (Å²) in [4.78, 5) is 19.7. The van der Waals surface area contributed by atoms with Gasteiger partial charge < -0.3 is 19.4 Å². The van der Waals surface area contributed by atoms with Gasteiger partial charge in [0.05, 0.1) is 23.5 Å². The second kappa shape index (κ2) is 9.34. The lowest BCUT2D eigenvalue weighted by atomic mass is 10.1. The zero-order valence-corrected chi connectivity index (χ0v) is 16.3. The van der Waals surface area contributed by atoms with Crippen LogP contribution in [0.5, 0.6) is 5.75 Å². The number of nitrogens with one attached hydrogen (secondary N) is 1. The van der Waals surface area contributed by atoms with Crippen LogP contribution in [0, 0.1) is 0 Å². The summed E-state index contributed by atoms with van der Waals surface area (Å²) < 4.78 is 11.2. The number of hydrogen-bond donors (Lipinski definition) is 1. The first-order chi connectivity index (χ1) is 13.1. The predicted molar refractivity (Wildman–Crippen MR) is 106 cm³/mol. The normalized spacial score (nSPS) is 10.9. The van der Waals surface area contributed by atoms with E-state index in [2.05, 4.69) is 15.2 Å². The highest BCUT2D eigenvalue weighted by Crippen LogP contribution is 2.23. The molecule has 27 heavy (non-hydrogen) atoms. The molecule has 0 radical (unpaired) electrons. The number of likely N-dealkylation sites (N-methyl/N-ethyl adjacent to an activating group) is 1. The monoisotopic (exact) mass is 385 g/mol. The van der Waals surface area contributed by atoms with Crippen molar-refractivity contribution in [1.29, 1.82) is 0 Å². The summed E-state index contributed by atoms with van der Waals surface area (Å²) in [5.41, 5.74) is 1.61. The SMILES string of the molecule is CN(C)CCOc1cccc(CC(=O)NCc2coc(-c3cccs3)n2)c1. The van der Waals surface area contributed by atoms with Crippen LogP contribution in [0.4, 0.5) is 0 Å². The van der Waals surface area contributed by atoms with Crippen molar-refractivity contribution < 1.29 is 13.9 Å². The Bertz CT molecular complexity index is 859. The van der Waals surface area contributed by atoms with Gasteiger partial charge >= 0.3 is 0 Å². The molecule has 0 saturated heterocycles. The maximum atomic E-state index is 12.2. The van der Waals surface area contributed by atoms with Crippen molar-refractivity contribution in [3.8, 4) is 16.5 Å². The van der Waals surface area contributed by atoms with Crippen molar-refractivity contribution in [1.82, 2.24) is 15.2 Å². The van der Waals surface area contributed by atoms with Gasteiger partial charge in [-0.3, -0.25) is 4.79 Å². The third kappa shape index (κ3) is 5.94. The first kappa shape index (κ1) is 19.1. The summed E-state index contributed by atoms with van der Waals surface area (Å²) in [6.45, 7) is 1.80. The second-order valence-corrected chi connectivity index (χ2v) is 7.32. The van der Waals surface area contributed by atoms with Crippen LogP contribution >= 0.6 is 11.3 Å². The second-order valence-electron chi connectivity index (χ2n) is 6.37. The summed E-state index contributed by atoms with van der Waals surface area (Å²) in [6, 6.07) is 11.5. The van der Waals surface area contributed by atoms with Gasteiger partial charge in [-0.15, -0.1) is 11.3 Å². The van der Waals surface area contributed by atoms with Gasteiger partial charge in [-0.2, -0.15) is 0 Å². The van der Waals surface area contributed by atoms with E-state index >= 15 is 0 Å². The van der Waals surface area contributed by atoms with E-state index in [0.29, 0.717) is 31.2 Å². The third-order valence-corrected chi connectivity index (χ3v) is 4.68. The Morgan fingerprint density at radius 2 is 2.19 bits per heavy atom. The van der Waals surface area contributed by atoms with Crippen LogP contribution in [-0.2, 0) is 17.8 Å². The standard InChI is InChI=1S/C20H23N3O3S/c1-23(2)8-9-25-17-6-3-5-15(11-17)12-19(24)21-13-16-14-26-20(22-16)18-7-4-10-27-18/h3-7,10-11,14H,8-9,12-13H2,1-2H3,(H,21,24). The number of ether oxygens (including phenoxy) is 1. The number of hydrogen-bond acceptors (Lipinski definition) is 6. The number of thiophene rings is 1. The lowest BCUT2D eigenvalue weighted by molar-refractivity contribution is -0.120. The topological polar surface area (TPSA) is 67.6 Å². The number of aromatic nitrogens is 1. The fourth-order valence-corrected chi connectivity index (χ4v) is 3.09. The number of amides is 1. The van der Waals surface area contributed by atoms with Gasteiger partial charge in [0.2, 0.25) is 11.8 Å². The highest BCUT2D eigenvalue weighted by atomic mass is 32.1. The number of nitrogens with zero attached hydrogens (tertiary/aromatic N) is 2. The molecule has 142 valence electrons. The van der Waals surface area contributed by atoms with Gasteiger partial charge in [-0.25, -0.2) is 4.98 Å². The smallest absolute Gasteiger partial charge is 0.236 e. The van der Waals surface area contributed by atoms with Gasteiger partial charge in [0.1, 0.15) is 18.6 Å². The van der Waals surface area contributed by atoms with E-state index < -0.39 is 0 Å². The number of carbonyl (C=O) groups excluding carboxylic acids is 1. The molecule has 1 N–H and O–H groups in total. The van der Waals surface area contributed by atoms with E-state index in [1.807, 2.05) is 55.9 Å². The number of benzene rings is 1. The molecular weight excluding hydrogens is 362 g/mol. The molecule has 2 heterocycles. The molecule has 0 aliphatic carbocycles. The van der Waals surface area contributed by atoms with Crippen LogP contribution in [0.2, 0.25) is 0 Å². The number of oxazole rings is 1. The summed E-state index contributed by atoms with van der Waals surface area (Å²) in [7, 11) is 4.00. The Kier molecular flexibility index (Phi) is 6.62. The van der Waals surface area contributed by atoms with Gasteiger partial charge in [-0.1, -0.05) is 18.2 Å². The minimum absolute atomic E-state index is 0.0684. The molecule has 1 amide bonds. The lowest BCUT2D eigenvalue weighted by Crippen LogP contribution is -2.24. The van der Waals surface area contributed by atoms with E-state index in [0.717, 1.165) is 22.7 Å². The zero-order valence-electron chi connectivity index (χ0n) is 15.5. The quantitative estimate of drug-likeness (QED) is 0.613. The average Bonchev–Trinajstić information content (AvgIpc) is 3.31. The van der Waals surface area contributed by atoms with Gasteiger partial charge in [-0.05, 0) is 43.2 Å². The Morgan fingerprint density at radius 3 is 2.96 bits per heavy atom. The first-order valence-corrected chi connectivity index (χ1v) is 9.59. The molecule has 3 aromatic rings. The highest BCUT2D eigenvalue weighted by molar-refractivity contribution is 7.13. The first-order valence-electron chi connectivity index (χ1n) is 8.71. The van der Waals surface area contributed by atoms with Crippen LogP contribution in [0.25, 0.3) is 10.8 Å². The van der Waals surface area contributed by atoms with Crippen molar-refractivity contribution >= 4 is 17.2 Å². The van der Waals surface area contributed by atoms with E-state index in [-0.39, 0.29) is 5.91 Å². The average molecular weight is 385 g/mol. The predicted octanol–water partition coefficient (Wildman–Crippen LogP) is 3.20. The Hall–Kier alpha value is -2.64. The summed E-state index contributed by atoms with van der Waals surface area (Å²) in [5.74, 6) is 1.29. The molecule has 0 bridgehead atoms. The molecule has 1 aromatic carbocycles. The largest absolute Gasteiger partial charge is 0.492 e. The molecule has 0 unspecified atom stereocenters. The maximum absolute atomic E-state index is 12.2. The van der Waals surface area contributed by atoms with Gasteiger partial charge in [0, 0.05) is 6.54 Å². The molecule has 0 aliphatic rings. The molecule has 7 heteroatoms. The molecule has 0 fully saturated rings. The van der Waals surface area contributed by atoms with E-state index in [1.54, 1.807) is 17.6 Å². The minimum Gasteiger partial charge on any atom is -0.492 e. The Morgan fingerprint density at radius 1 is 1.30 bits per heavy atom. The molecular formula is C20H23N3O3S. The van der Waals surface area contributed by atoms with Crippen LogP contribution in [0.1, 0.15) is 11.3 Å². The van der Waals surface area contributed by atoms with Gasteiger partial charge in [0.15, 0.2) is 0 Å². The summed E-state index contributed by atoms with van der Waals surface area (Å²) in [5, 5.41) is 4.85. The molecule has 0 saturated carbocycles. The third-order valence-electron chi connectivity index (χ3n) is 3.82. The summed E-state index contributed by atoms with van der Waals surface area (Å²) >= 11 is 1.57. The van der Waals surface area contributed by atoms with Crippen molar-refractivity contribution in [3.63, 3.8) is 0 Å². The van der Waals surface area contributed by atoms with Crippen molar-refractivity contribution in [3.05, 3.63) is 59.3 Å². The zero-order chi connectivity index (χ0) is 19.1. The molecule has 3 rings (SSSR count). The van der Waals surface area contributed by atoms with Crippen LogP contribution in [0.15, 0.2) is 52.5 Å². The molecule has 0 aliphatic heterocycles.